The standard InChI is InChI=1S/C20H30O4/c1-11(2)16-14(21)10-13-12(17(16)22)6-7-15-19(13,3)8-5-9-20(15,4)18(23)24/h6,11,13-15,21-22H,5,7-10H2,1-4H3,(H,23,24). The highest BCUT2D eigenvalue weighted by Crippen LogP contribution is 2.62. The molecule has 0 amide bonds. The second kappa shape index (κ2) is 5.62. The van der Waals surface area contributed by atoms with E-state index in [9.17, 15) is 20.1 Å². The Morgan fingerprint density at radius 1 is 1.29 bits per heavy atom. The molecular weight excluding hydrogens is 304 g/mol. The van der Waals surface area contributed by atoms with Crippen LogP contribution in [0.15, 0.2) is 23.0 Å². The van der Waals surface area contributed by atoms with Crippen molar-refractivity contribution >= 4 is 5.97 Å². The highest BCUT2D eigenvalue weighted by Gasteiger charge is 2.58. The molecule has 0 aromatic heterocycles. The Bertz CT molecular complexity index is 617. The maximum atomic E-state index is 12.0. The van der Waals surface area contributed by atoms with Gasteiger partial charge in [-0.2, -0.15) is 0 Å². The second-order valence-electron chi connectivity index (χ2n) is 8.79. The van der Waals surface area contributed by atoms with E-state index in [-0.39, 0.29) is 28.9 Å². The van der Waals surface area contributed by atoms with Crippen LogP contribution in [0.3, 0.4) is 0 Å². The lowest BCUT2D eigenvalue weighted by Crippen LogP contribution is -2.54. The van der Waals surface area contributed by atoms with Crippen molar-refractivity contribution in [2.75, 3.05) is 0 Å². The van der Waals surface area contributed by atoms with Crippen LogP contribution >= 0.6 is 0 Å². The van der Waals surface area contributed by atoms with Gasteiger partial charge in [-0.3, -0.25) is 4.79 Å². The quantitative estimate of drug-likeness (QED) is 0.711. The average molecular weight is 334 g/mol. The maximum absolute atomic E-state index is 12.0. The zero-order valence-electron chi connectivity index (χ0n) is 15.2. The Morgan fingerprint density at radius 3 is 2.54 bits per heavy atom. The van der Waals surface area contributed by atoms with E-state index in [1.165, 1.54) is 0 Å². The van der Waals surface area contributed by atoms with Gasteiger partial charge >= 0.3 is 5.97 Å². The molecule has 3 N–H and O–H groups in total. The summed E-state index contributed by atoms with van der Waals surface area (Å²) in [6.45, 7) is 8.04. The molecule has 4 nitrogen and oxygen atoms in total. The minimum atomic E-state index is -0.725. The largest absolute Gasteiger partial charge is 0.508 e. The summed E-state index contributed by atoms with van der Waals surface area (Å²) in [4.78, 5) is 12.0. The van der Waals surface area contributed by atoms with Crippen LogP contribution in [0.2, 0.25) is 0 Å². The van der Waals surface area contributed by atoms with Crippen LogP contribution in [0.1, 0.15) is 59.8 Å². The molecule has 3 aliphatic carbocycles. The molecule has 3 aliphatic rings. The van der Waals surface area contributed by atoms with E-state index in [4.69, 9.17) is 0 Å². The molecule has 5 unspecified atom stereocenters. The van der Waals surface area contributed by atoms with Crippen molar-refractivity contribution in [3.63, 3.8) is 0 Å². The van der Waals surface area contributed by atoms with Crippen LogP contribution in [-0.2, 0) is 4.79 Å². The molecule has 0 saturated heterocycles. The number of rotatable bonds is 2. The zero-order chi connectivity index (χ0) is 17.9. The van der Waals surface area contributed by atoms with Crippen LogP contribution in [0.25, 0.3) is 0 Å². The third kappa shape index (κ3) is 2.26. The number of aliphatic hydroxyl groups excluding tert-OH is 2. The fraction of sp³-hybridized carbons (Fsp3) is 0.750. The second-order valence-corrected chi connectivity index (χ2v) is 8.79. The third-order valence-electron chi connectivity index (χ3n) is 7.20. The minimum absolute atomic E-state index is 0.0349. The molecule has 1 fully saturated rings. The number of aliphatic hydroxyl groups is 2. The first-order chi connectivity index (χ1) is 11.1. The Hall–Kier alpha value is -1.29. The highest BCUT2D eigenvalue weighted by molar-refractivity contribution is 5.75. The van der Waals surface area contributed by atoms with E-state index >= 15 is 0 Å². The Labute approximate surface area is 144 Å². The van der Waals surface area contributed by atoms with E-state index in [0.717, 1.165) is 24.0 Å². The summed E-state index contributed by atoms with van der Waals surface area (Å²) in [6, 6.07) is 0. The van der Waals surface area contributed by atoms with E-state index < -0.39 is 17.5 Å². The van der Waals surface area contributed by atoms with Crippen LogP contribution in [0.4, 0.5) is 0 Å². The summed E-state index contributed by atoms with van der Waals surface area (Å²) in [5.41, 5.74) is 0.763. The van der Waals surface area contributed by atoms with Crippen molar-refractivity contribution in [1.29, 1.82) is 0 Å². The van der Waals surface area contributed by atoms with Crippen LogP contribution in [0, 0.1) is 28.6 Å². The van der Waals surface area contributed by atoms with Crippen molar-refractivity contribution in [3.05, 3.63) is 23.0 Å². The zero-order valence-corrected chi connectivity index (χ0v) is 15.2. The monoisotopic (exact) mass is 334 g/mol. The number of carboxylic acids is 1. The average Bonchev–Trinajstić information content (AvgIpc) is 2.47. The van der Waals surface area contributed by atoms with Gasteiger partial charge in [0.15, 0.2) is 0 Å². The van der Waals surface area contributed by atoms with Crippen LogP contribution in [0.5, 0.6) is 0 Å². The van der Waals surface area contributed by atoms with Crippen molar-refractivity contribution in [1.82, 2.24) is 0 Å². The van der Waals surface area contributed by atoms with Crippen molar-refractivity contribution in [3.8, 4) is 0 Å². The number of hydrogen-bond acceptors (Lipinski definition) is 3. The van der Waals surface area contributed by atoms with Gasteiger partial charge in [-0.05, 0) is 61.3 Å². The number of hydrogen-bond donors (Lipinski definition) is 3. The molecule has 0 bridgehead atoms. The smallest absolute Gasteiger partial charge is 0.309 e. The van der Waals surface area contributed by atoms with Gasteiger partial charge < -0.3 is 15.3 Å². The predicted octanol–water partition coefficient (Wildman–Crippen LogP) is 4.06. The number of aliphatic carboxylic acids is 1. The maximum Gasteiger partial charge on any atom is 0.309 e. The number of allylic oxidation sites excluding steroid dienone is 2. The summed E-state index contributed by atoms with van der Waals surface area (Å²) in [5, 5.41) is 31.3. The molecule has 0 aliphatic heterocycles. The van der Waals surface area contributed by atoms with Gasteiger partial charge in [0.05, 0.1) is 11.5 Å². The van der Waals surface area contributed by atoms with Crippen LogP contribution in [-0.4, -0.2) is 27.4 Å². The lowest BCUT2D eigenvalue weighted by atomic mass is 9.46. The molecule has 0 radical (unpaired) electrons. The van der Waals surface area contributed by atoms with Gasteiger partial charge in [-0.1, -0.05) is 33.3 Å². The van der Waals surface area contributed by atoms with Gasteiger partial charge in [0, 0.05) is 5.57 Å². The van der Waals surface area contributed by atoms with Gasteiger partial charge in [-0.25, -0.2) is 0 Å². The van der Waals surface area contributed by atoms with Gasteiger partial charge in [0.1, 0.15) is 5.76 Å². The SMILES string of the molecule is CC(C)C1=C(O)C2=CCC3C(C)(C(=O)O)CCCC3(C)C2CC1O. The molecule has 5 atom stereocenters. The summed E-state index contributed by atoms with van der Waals surface area (Å²) in [5.74, 6) is -0.272. The fourth-order valence-electron chi connectivity index (χ4n) is 5.85. The highest BCUT2D eigenvalue weighted by atomic mass is 16.4. The molecule has 24 heavy (non-hydrogen) atoms. The lowest BCUT2D eigenvalue weighted by Gasteiger charge is -2.57. The first-order valence-electron chi connectivity index (χ1n) is 9.18. The first kappa shape index (κ1) is 17.5. The molecule has 0 spiro atoms. The first-order valence-corrected chi connectivity index (χ1v) is 9.18. The van der Waals surface area contributed by atoms with E-state index in [2.05, 4.69) is 6.92 Å². The van der Waals surface area contributed by atoms with Gasteiger partial charge in [-0.15, -0.1) is 0 Å². The fourth-order valence-corrected chi connectivity index (χ4v) is 5.85. The van der Waals surface area contributed by atoms with Gasteiger partial charge in [0.25, 0.3) is 0 Å². The molecule has 3 rings (SSSR count). The van der Waals surface area contributed by atoms with Crippen molar-refractivity contribution in [2.24, 2.45) is 28.6 Å². The molecule has 4 heteroatoms. The molecule has 0 aromatic carbocycles. The van der Waals surface area contributed by atoms with Gasteiger partial charge in [0.2, 0.25) is 0 Å². The summed E-state index contributed by atoms with van der Waals surface area (Å²) in [6.07, 6.45) is 5.24. The van der Waals surface area contributed by atoms with E-state index in [1.54, 1.807) is 0 Å². The molecular formula is C20H30O4. The molecule has 0 heterocycles. The molecule has 1 saturated carbocycles. The van der Waals surface area contributed by atoms with Crippen LogP contribution < -0.4 is 0 Å². The van der Waals surface area contributed by atoms with Crippen molar-refractivity contribution < 1.29 is 20.1 Å². The summed E-state index contributed by atoms with van der Waals surface area (Å²) >= 11 is 0. The predicted molar refractivity (Wildman–Crippen MR) is 92.5 cm³/mol. The Balaban J connectivity index is 2.09. The summed E-state index contributed by atoms with van der Waals surface area (Å²) < 4.78 is 0. The topological polar surface area (TPSA) is 77.8 Å². The number of carboxylic acid groups (broad SMARTS) is 1. The van der Waals surface area contributed by atoms with E-state index in [0.29, 0.717) is 19.3 Å². The molecule has 134 valence electrons. The molecule has 0 aromatic rings. The minimum Gasteiger partial charge on any atom is -0.508 e. The summed E-state index contributed by atoms with van der Waals surface area (Å²) in [7, 11) is 0. The number of fused-ring (bicyclic) bond motifs is 3. The van der Waals surface area contributed by atoms with E-state index in [1.807, 2.05) is 26.8 Å². The third-order valence-corrected chi connectivity index (χ3v) is 7.20. The Kier molecular flexibility index (Phi) is 4.10. The Morgan fingerprint density at radius 2 is 1.96 bits per heavy atom. The lowest BCUT2D eigenvalue weighted by molar-refractivity contribution is -0.163. The normalized spacial score (nSPS) is 42.4. The number of carbonyl (C=O) groups is 1. The van der Waals surface area contributed by atoms with Crippen molar-refractivity contribution in [2.45, 2.75) is 65.9 Å².